The van der Waals surface area contributed by atoms with Gasteiger partial charge in [-0.05, 0) is 30.7 Å². The molecule has 0 aromatic heterocycles. The zero-order valence-electron chi connectivity index (χ0n) is 16.6. The zero-order valence-corrected chi connectivity index (χ0v) is 16.6. The summed E-state index contributed by atoms with van der Waals surface area (Å²) in [5, 5.41) is 11.7. The number of ketones is 1. The number of aryl methyl sites for hydroxylation is 1. The predicted octanol–water partition coefficient (Wildman–Crippen LogP) is 1.82. The van der Waals surface area contributed by atoms with E-state index >= 15 is 0 Å². The first kappa shape index (κ1) is 21.6. The lowest BCUT2D eigenvalue weighted by Crippen LogP contribution is -2.43. The number of benzene rings is 2. The molecule has 10 nitrogen and oxygen atoms in total. The first-order valence-electron chi connectivity index (χ1n) is 9.37. The highest BCUT2D eigenvalue weighted by Gasteiger charge is 2.36. The highest BCUT2D eigenvalue weighted by Crippen LogP contribution is 2.19. The minimum Gasteiger partial charge on any atom is -0.457 e. The zero-order chi connectivity index (χ0) is 22.5. The van der Waals surface area contributed by atoms with Crippen LogP contribution >= 0.6 is 0 Å². The molecule has 1 saturated heterocycles. The van der Waals surface area contributed by atoms with Crippen LogP contribution in [0.15, 0.2) is 48.5 Å². The second-order valence-electron chi connectivity index (χ2n) is 7.00. The summed E-state index contributed by atoms with van der Waals surface area (Å²) in [6.45, 7) is 1.14. The summed E-state index contributed by atoms with van der Waals surface area (Å²) in [4.78, 5) is 59.0. The van der Waals surface area contributed by atoms with Gasteiger partial charge in [-0.15, -0.1) is 0 Å². The van der Waals surface area contributed by atoms with Crippen molar-refractivity contribution in [2.75, 3.05) is 13.2 Å². The smallest absolute Gasteiger partial charge is 0.311 e. The number of nitro benzene ring substituents is 1. The van der Waals surface area contributed by atoms with Gasteiger partial charge in [0.15, 0.2) is 12.4 Å². The van der Waals surface area contributed by atoms with Crippen molar-refractivity contribution in [3.63, 3.8) is 0 Å². The molecule has 1 fully saturated rings. The number of rotatable bonds is 7. The van der Waals surface area contributed by atoms with E-state index in [1.54, 1.807) is 31.2 Å². The predicted molar refractivity (Wildman–Crippen MR) is 107 cm³/mol. The number of non-ortho nitro benzene ring substituents is 1. The maximum absolute atomic E-state index is 12.4. The molecule has 1 heterocycles. The number of nitrogens with zero attached hydrogens (tertiary/aromatic N) is 2. The van der Waals surface area contributed by atoms with E-state index in [4.69, 9.17) is 4.74 Å². The summed E-state index contributed by atoms with van der Waals surface area (Å²) in [6, 6.07) is 11.8. The Morgan fingerprint density at radius 3 is 2.48 bits per heavy atom. The van der Waals surface area contributed by atoms with Crippen LogP contribution in [0.5, 0.6) is 0 Å². The van der Waals surface area contributed by atoms with Crippen molar-refractivity contribution in [2.24, 2.45) is 5.92 Å². The van der Waals surface area contributed by atoms with Crippen molar-refractivity contribution in [2.45, 2.75) is 13.3 Å². The number of nitrogens with one attached hydrogen (secondary N) is 1. The number of nitro groups is 1. The minimum absolute atomic E-state index is 0.0684. The van der Waals surface area contributed by atoms with Crippen molar-refractivity contribution in [3.8, 4) is 0 Å². The van der Waals surface area contributed by atoms with Gasteiger partial charge in [0.2, 0.25) is 5.91 Å². The van der Waals surface area contributed by atoms with E-state index < -0.39 is 41.0 Å². The van der Waals surface area contributed by atoms with E-state index in [0.29, 0.717) is 5.56 Å². The Kier molecular flexibility index (Phi) is 6.39. The third-order valence-corrected chi connectivity index (χ3v) is 4.83. The summed E-state index contributed by atoms with van der Waals surface area (Å²) in [5.74, 6) is -3.00. The fourth-order valence-corrected chi connectivity index (χ4v) is 3.09. The van der Waals surface area contributed by atoms with Gasteiger partial charge >= 0.3 is 5.97 Å². The van der Waals surface area contributed by atoms with Crippen LogP contribution in [0.25, 0.3) is 0 Å². The molecule has 1 atom stereocenters. The first-order valence-corrected chi connectivity index (χ1v) is 9.37. The molecular weight excluding hydrogens is 406 g/mol. The van der Waals surface area contributed by atoms with Gasteiger partial charge in [0.1, 0.15) is 0 Å². The molecular formula is C21H19N3O7. The average Bonchev–Trinajstić information content (AvgIpc) is 3.12. The van der Waals surface area contributed by atoms with Crippen LogP contribution < -0.4 is 5.43 Å². The summed E-state index contributed by atoms with van der Waals surface area (Å²) in [7, 11) is 0. The molecule has 2 aromatic carbocycles. The van der Waals surface area contributed by atoms with Crippen LogP contribution in [0.2, 0.25) is 0 Å². The van der Waals surface area contributed by atoms with Crippen molar-refractivity contribution >= 4 is 29.3 Å². The molecule has 2 amide bonds. The lowest BCUT2D eigenvalue weighted by molar-refractivity contribution is -0.384. The Balaban J connectivity index is 1.53. The van der Waals surface area contributed by atoms with Gasteiger partial charge in [-0.3, -0.25) is 39.7 Å². The number of hydrogen-bond acceptors (Lipinski definition) is 7. The Morgan fingerprint density at radius 1 is 1.16 bits per heavy atom. The summed E-state index contributed by atoms with van der Waals surface area (Å²) >= 11 is 0. The molecule has 3 rings (SSSR count). The molecule has 0 aliphatic carbocycles. The highest BCUT2D eigenvalue weighted by molar-refractivity contribution is 5.99. The van der Waals surface area contributed by atoms with E-state index in [9.17, 15) is 29.3 Å². The molecule has 2 aromatic rings. The number of hydrazine groups is 1. The van der Waals surface area contributed by atoms with Gasteiger partial charge < -0.3 is 4.74 Å². The Labute approximate surface area is 176 Å². The summed E-state index contributed by atoms with van der Waals surface area (Å²) in [5.41, 5.74) is 3.64. The van der Waals surface area contributed by atoms with Gasteiger partial charge in [0.05, 0.1) is 17.4 Å². The van der Waals surface area contributed by atoms with Crippen LogP contribution in [0.1, 0.15) is 32.7 Å². The maximum atomic E-state index is 12.4. The molecule has 31 heavy (non-hydrogen) atoms. The molecule has 0 spiro atoms. The highest BCUT2D eigenvalue weighted by atomic mass is 16.6. The second kappa shape index (κ2) is 9.16. The van der Waals surface area contributed by atoms with Gasteiger partial charge in [0.25, 0.3) is 11.6 Å². The average molecular weight is 425 g/mol. The fourth-order valence-electron chi connectivity index (χ4n) is 3.09. The number of hydrogen-bond donors (Lipinski definition) is 1. The monoisotopic (exact) mass is 425 g/mol. The Bertz CT molecular complexity index is 1050. The number of esters is 1. The largest absolute Gasteiger partial charge is 0.457 e. The molecule has 160 valence electrons. The molecule has 1 N–H and O–H groups in total. The number of ether oxygens (including phenoxy) is 1. The number of carbonyl (C=O) groups excluding carboxylic acids is 4. The molecule has 1 aliphatic rings. The number of carbonyl (C=O) groups is 4. The van der Waals surface area contributed by atoms with Crippen LogP contribution in [0.3, 0.4) is 0 Å². The molecule has 1 aliphatic heterocycles. The number of Topliss-reactive ketones (excluding diaryl/α,β-unsaturated/α-hetero) is 1. The van der Waals surface area contributed by atoms with Crippen molar-refractivity contribution < 1.29 is 28.8 Å². The normalized spacial score (nSPS) is 15.5. The van der Waals surface area contributed by atoms with Crippen molar-refractivity contribution in [1.29, 1.82) is 0 Å². The first-order chi connectivity index (χ1) is 14.8. The standard InChI is InChI=1S/C21H19N3O7/c1-13-4-2-3-5-17(13)20(27)22-23-11-15(10-19(23)26)21(28)31-12-18(25)14-6-8-16(9-7-14)24(29)30/h2-9,15H,10-12H2,1H3,(H,22,27)/t15-/m1/s1. The van der Waals surface area contributed by atoms with Gasteiger partial charge in [-0.25, -0.2) is 0 Å². The van der Waals surface area contributed by atoms with E-state index in [2.05, 4.69) is 5.43 Å². The maximum Gasteiger partial charge on any atom is 0.311 e. The van der Waals surface area contributed by atoms with Crippen LogP contribution in [-0.4, -0.2) is 46.7 Å². The van der Waals surface area contributed by atoms with E-state index in [-0.39, 0.29) is 24.2 Å². The number of amides is 2. The summed E-state index contributed by atoms with van der Waals surface area (Å²) in [6.07, 6.45) is -0.154. The Morgan fingerprint density at radius 2 is 1.84 bits per heavy atom. The lowest BCUT2D eigenvalue weighted by atomic mass is 10.1. The van der Waals surface area contributed by atoms with Crippen LogP contribution in [0, 0.1) is 23.0 Å². The molecule has 10 heteroatoms. The third-order valence-electron chi connectivity index (χ3n) is 4.83. The van der Waals surface area contributed by atoms with Gasteiger partial charge in [0, 0.05) is 29.7 Å². The van der Waals surface area contributed by atoms with E-state index in [1.165, 1.54) is 24.3 Å². The molecule has 0 radical (unpaired) electrons. The SMILES string of the molecule is Cc1ccccc1C(=O)NN1C[C@H](C(=O)OCC(=O)c2ccc([N+](=O)[O-])cc2)CC1=O. The third kappa shape index (κ3) is 5.10. The van der Waals surface area contributed by atoms with Crippen molar-refractivity contribution in [3.05, 3.63) is 75.3 Å². The van der Waals surface area contributed by atoms with Gasteiger partial charge in [-0.2, -0.15) is 0 Å². The molecule has 0 bridgehead atoms. The second-order valence-corrected chi connectivity index (χ2v) is 7.00. The van der Waals surface area contributed by atoms with Crippen molar-refractivity contribution in [1.82, 2.24) is 10.4 Å². The van der Waals surface area contributed by atoms with Gasteiger partial charge in [-0.1, -0.05) is 18.2 Å². The van der Waals surface area contributed by atoms with E-state index in [0.717, 1.165) is 10.6 Å². The quantitative estimate of drug-likeness (QED) is 0.309. The molecule has 0 unspecified atom stereocenters. The fraction of sp³-hybridized carbons (Fsp3) is 0.238. The lowest BCUT2D eigenvalue weighted by Gasteiger charge is -2.18. The van der Waals surface area contributed by atoms with E-state index in [1.807, 2.05) is 0 Å². The Hall–Kier alpha value is -4.08. The molecule has 0 saturated carbocycles. The summed E-state index contributed by atoms with van der Waals surface area (Å²) < 4.78 is 5.01. The minimum atomic E-state index is -0.825. The van der Waals surface area contributed by atoms with Crippen LogP contribution in [-0.2, 0) is 14.3 Å². The van der Waals surface area contributed by atoms with Crippen LogP contribution in [0.4, 0.5) is 5.69 Å². The topological polar surface area (TPSA) is 136 Å².